The predicted octanol–water partition coefficient (Wildman–Crippen LogP) is 2.09. The molecule has 0 atom stereocenters. The molecule has 2 aliphatic rings. The number of halogens is 1. The van der Waals surface area contributed by atoms with Gasteiger partial charge in [0.05, 0.1) is 29.2 Å². The van der Waals surface area contributed by atoms with E-state index in [1.807, 2.05) is 5.32 Å². The molecule has 2 fully saturated rings. The molecule has 120 valence electrons. The lowest BCUT2D eigenvalue weighted by Gasteiger charge is -2.52. The molecule has 1 saturated carbocycles. The van der Waals surface area contributed by atoms with Crippen LogP contribution >= 0.6 is 11.6 Å². The Morgan fingerprint density at radius 2 is 2.00 bits per heavy atom. The summed E-state index contributed by atoms with van der Waals surface area (Å²) in [5.41, 5.74) is -0.270. The number of carboxylic acid groups (broad SMARTS) is 1. The van der Waals surface area contributed by atoms with Gasteiger partial charge in [-0.1, -0.05) is 11.6 Å². The van der Waals surface area contributed by atoms with Gasteiger partial charge in [0.25, 0.3) is 0 Å². The van der Waals surface area contributed by atoms with Crippen LogP contribution in [0.5, 0.6) is 5.75 Å². The zero-order valence-corrected chi connectivity index (χ0v) is 12.9. The van der Waals surface area contributed by atoms with Crippen LogP contribution in [0, 0.1) is 5.41 Å². The first-order valence-electron chi connectivity index (χ1n) is 6.58. The molecule has 1 amide bonds. The van der Waals surface area contributed by atoms with Crippen LogP contribution in [-0.4, -0.2) is 43.2 Å². The highest BCUT2D eigenvalue weighted by atomic mass is 35.5. The number of amides is 1. The lowest BCUT2D eigenvalue weighted by molar-refractivity contribution is -0.153. The van der Waals surface area contributed by atoms with Crippen LogP contribution in [-0.2, 0) is 14.6 Å². The van der Waals surface area contributed by atoms with Crippen molar-refractivity contribution in [2.75, 3.05) is 18.5 Å². The fourth-order valence-electron chi connectivity index (χ4n) is 2.95. The zero-order chi connectivity index (χ0) is 16.1. The highest BCUT2D eigenvalue weighted by Crippen LogP contribution is 2.52. The topological polar surface area (TPSA) is 113 Å². The van der Waals surface area contributed by atoms with Crippen LogP contribution in [0.15, 0.2) is 17.0 Å². The Labute approximate surface area is 131 Å². The largest absolute Gasteiger partial charge is 0.504 e. The van der Waals surface area contributed by atoms with E-state index < -0.39 is 31.8 Å². The van der Waals surface area contributed by atoms with Crippen molar-refractivity contribution < 1.29 is 28.2 Å². The first-order chi connectivity index (χ1) is 10.3. The maximum absolute atomic E-state index is 12.7. The Balaban J connectivity index is 1.94. The van der Waals surface area contributed by atoms with E-state index in [-0.39, 0.29) is 16.1 Å². The number of ether oxygens (including phenoxy) is 1. The van der Waals surface area contributed by atoms with Crippen LogP contribution < -0.4 is 5.32 Å². The van der Waals surface area contributed by atoms with E-state index >= 15 is 0 Å². The van der Waals surface area contributed by atoms with Crippen molar-refractivity contribution in [3.05, 3.63) is 17.2 Å². The molecule has 3 N–H and O–H groups in total. The summed E-state index contributed by atoms with van der Waals surface area (Å²) < 4.78 is 30.4. The quantitative estimate of drug-likeness (QED) is 0.721. The molecule has 1 spiro atoms. The number of phenolic OH excluding ortho intramolecular Hbond substituents is 1. The first-order valence-corrected chi connectivity index (χ1v) is 8.51. The Kier molecular flexibility index (Phi) is 3.50. The molecule has 0 aromatic heterocycles. The maximum Gasteiger partial charge on any atom is 0.409 e. The molecule has 1 aromatic rings. The number of nitrogens with one attached hydrogen (secondary N) is 1. The van der Waals surface area contributed by atoms with Crippen LogP contribution in [0.3, 0.4) is 0 Å². The maximum atomic E-state index is 12.7. The summed E-state index contributed by atoms with van der Waals surface area (Å²) in [6.07, 6.45) is -0.487. The average Bonchev–Trinajstić information content (AvgIpc) is 2.28. The van der Waals surface area contributed by atoms with Gasteiger partial charge in [0.15, 0.2) is 15.6 Å². The summed E-state index contributed by atoms with van der Waals surface area (Å²) >= 11 is 5.93. The average molecular weight is 348 g/mol. The normalized spacial score (nSPS) is 20.2. The number of anilines is 1. The van der Waals surface area contributed by atoms with Gasteiger partial charge in [-0.15, -0.1) is 0 Å². The molecule has 9 heteroatoms. The van der Waals surface area contributed by atoms with Crippen molar-refractivity contribution in [1.29, 1.82) is 0 Å². The third kappa shape index (κ3) is 2.31. The molecule has 1 heterocycles. The molecule has 7 nitrogen and oxygen atoms in total. The number of rotatable bonds is 3. The van der Waals surface area contributed by atoms with Crippen LogP contribution in [0.4, 0.5) is 10.5 Å². The molecule has 22 heavy (non-hydrogen) atoms. The highest BCUT2D eigenvalue weighted by molar-refractivity contribution is 7.92. The third-order valence-electron chi connectivity index (χ3n) is 4.19. The Morgan fingerprint density at radius 3 is 2.50 bits per heavy atom. The minimum absolute atomic E-state index is 0.0588. The molecular formula is C13H14ClNO6S. The Morgan fingerprint density at radius 1 is 1.36 bits per heavy atom. The van der Waals surface area contributed by atoms with Crippen molar-refractivity contribution in [3.8, 4) is 5.75 Å². The summed E-state index contributed by atoms with van der Waals surface area (Å²) in [6.45, 7) is 1.11. The molecule has 0 unspecified atom stereocenters. The monoisotopic (exact) mass is 347 g/mol. The molecule has 1 aromatic carbocycles. The third-order valence-corrected chi connectivity index (χ3v) is 6.81. The zero-order valence-electron chi connectivity index (χ0n) is 11.4. The van der Waals surface area contributed by atoms with Crippen LogP contribution in [0.2, 0.25) is 5.02 Å². The molecule has 1 saturated heterocycles. The fourth-order valence-corrected chi connectivity index (χ4v) is 5.63. The van der Waals surface area contributed by atoms with E-state index in [9.17, 15) is 18.3 Å². The number of benzene rings is 1. The van der Waals surface area contributed by atoms with Crippen molar-refractivity contribution in [2.24, 2.45) is 5.41 Å². The summed E-state index contributed by atoms with van der Waals surface area (Å²) in [5.74, 6) is -0.666. The Bertz CT molecular complexity index is 735. The molecule has 3 rings (SSSR count). The second-order valence-electron chi connectivity index (χ2n) is 5.77. The molecule has 1 aliphatic heterocycles. The van der Waals surface area contributed by atoms with Crippen LogP contribution in [0.25, 0.3) is 0 Å². The molecular weight excluding hydrogens is 334 g/mol. The summed E-state index contributed by atoms with van der Waals surface area (Å²) in [6, 6.07) is 2.47. The van der Waals surface area contributed by atoms with E-state index in [0.717, 1.165) is 0 Å². The van der Waals surface area contributed by atoms with Gasteiger partial charge in [0.1, 0.15) is 4.90 Å². The van der Waals surface area contributed by atoms with Gasteiger partial charge in [-0.25, -0.2) is 13.2 Å². The van der Waals surface area contributed by atoms with E-state index in [0.29, 0.717) is 26.1 Å². The van der Waals surface area contributed by atoms with Gasteiger partial charge >= 0.3 is 6.09 Å². The summed E-state index contributed by atoms with van der Waals surface area (Å²) in [7, 11) is -3.84. The SMILES string of the molecule is O=C(O)Nc1ccc(Cl)c(S(=O)(=O)C2CC3(COC3)C2)c1O. The smallest absolute Gasteiger partial charge is 0.409 e. The van der Waals surface area contributed by atoms with Crippen molar-refractivity contribution >= 4 is 33.2 Å². The van der Waals surface area contributed by atoms with Crippen molar-refractivity contribution in [3.63, 3.8) is 0 Å². The van der Waals surface area contributed by atoms with Crippen molar-refractivity contribution in [2.45, 2.75) is 23.0 Å². The second-order valence-corrected chi connectivity index (χ2v) is 8.34. The number of hydrogen-bond donors (Lipinski definition) is 3. The van der Waals surface area contributed by atoms with E-state index in [1.165, 1.54) is 12.1 Å². The standard InChI is InChI=1S/C13H14ClNO6S/c14-8-1-2-9(15-12(17)18)10(16)11(8)22(19,20)7-3-13(4-7)5-21-6-13/h1-2,7,15-16H,3-6H2,(H,17,18). The van der Waals surface area contributed by atoms with Gasteiger partial charge in [0.2, 0.25) is 0 Å². The number of hydrogen-bond acceptors (Lipinski definition) is 5. The molecule has 1 aliphatic carbocycles. The number of carbonyl (C=O) groups is 1. The minimum atomic E-state index is -3.84. The second kappa shape index (κ2) is 5.00. The molecule has 0 radical (unpaired) electrons. The minimum Gasteiger partial charge on any atom is -0.504 e. The van der Waals surface area contributed by atoms with E-state index in [4.69, 9.17) is 21.4 Å². The summed E-state index contributed by atoms with van der Waals surface area (Å²) in [5, 5.41) is 20.0. The highest BCUT2D eigenvalue weighted by Gasteiger charge is 2.55. The predicted molar refractivity (Wildman–Crippen MR) is 78.2 cm³/mol. The number of sulfone groups is 1. The first kappa shape index (κ1) is 15.4. The van der Waals surface area contributed by atoms with Gasteiger partial charge in [-0.2, -0.15) is 0 Å². The number of phenols is 1. The lowest BCUT2D eigenvalue weighted by Crippen LogP contribution is -2.56. The van der Waals surface area contributed by atoms with Gasteiger partial charge < -0.3 is 14.9 Å². The Hall–Kier alpha value is -1.51. The summed E-state index contributed by atoms with van der Waals surface area (Å²) in [4.78, 5) is 10.3. The van der Waals surface area contributed by atoms with E-state index in [2.05, 4.69) is 0 Å². The van der Waals surface area contributed by atoms with Gasteiger partial charge in [-0.3, -0.25) is 5.32 Å². The van der Waals surface area contributed by atoms with E-state index in [1.54, 1.807) is 0 Å². The molecule has 0 bridgehead atoms. The van der Waals surface area contributed by atoms with Crippen LogP contribution in [0.1, 0.15) is 12.8 Å². The number of aromatic hydroxyl groups is 1. The van der Waals surface area contributed by atoms with Gasteiger partial charge in [0, 0.05) is 5.41 Å². The van der Waals surface area contributed by atoms with Gasteiger partial charge in [-0.05, 0) is 25.0 Å². The fraction of sp³-hybridized carbons (Fsp3) is 0.462. The lowest BCUT2D eigenvalue weighted by atomic mass is 9.67. The van der Waals surface area contributed by atoms with Crippen molar-refractivity contribution in [1.82, 2.24) is 0 Å².